The summed E-state index contributed by atoms with van der Waals surface area (Å²) < 4.78 is 12.0. The van der Waals surface area contributed by atoms with E-state index in [1.807, 2.05) is 7.05 Å². The molecule has 3 heteroatoms. The third kappa shape index (κ3) is 4.73. The quantitative estimate of drug-likeness (QED) is 0.770. The van der Waals surface area contributed by atoms with Gasteiger partial charge in [-0.05, 0) is 58.9 Å². The van der Waals surface area contributed by atoms with Crippen LogP contribution in [-0.4, -0.2) is 38.0 Å². The third-order valence-corrected chi connectivity index (χ3v) is 4.46. The molecule has 0 bridgehead atoms. The highest BCUT2D eigenvalue weighted by atomic mass is 16.5. The van der Waals surface area contributed by atoms with Crippen molar-refractivity contribution in [2.24, 2.45) is 5.41 Å². The van der Waals surface area contributed by atoms with E-state index in [-0.39, 0.29) is 17.7 Å². The number of ether oxygens (including phenoxy) is 2. The van der Waals surface area contributed by atoms with E-state index in [2.05, 4.69) is 39.9 Å². The molecule has 0 heterocycles. The molecule has 1 N–H and O–H groups in total. The summed E-state index contributed by atoms with van der Waals surface area (Å²) in [4.78, 5) is 0. The van der Waals surface area contributed by atoms with Crippen LogP contribution in [0.15, 0.2) is 0 Å². The van der Waals surface area contributed by atoms with Crippen molar-refractivity contribution in [3.63, 3.8) is 0 Å². The van der Waals surface area contributed by atoms with Gasteiger partial charge in [-0.1, -0.05) is 13.8 Å². The van der Waals surface area contributed by atoms with Gasteiger partial charge in [-0.2, -0.15) is 0 Å². The number of rotatable bonds is 7. The topological polar surface area (TPSA) is 30.5 Å². The first-order valence-electron chi connectivity index (χ1n) is 7.78. The second-order valence-electron chi connectivity index (χ2n) is 6.89. The number of hydrogen-bond donors (Lipinski definition) is 1. The second kappa shape index (κ2) is 7.05. The largest absolute Gasteiger partial charge is 0.377 e. The highest BCUT2D eigenvalue weighted by Crippen LogP contribution is 2.43. The minimum Gasteiger partial charge on any atom is -0.377 e. The van der Waals surface area contributed by atoms with Gasteiger partial charge in [0.2, 0.25) is 0 Å². The summed E-state index contributed by atoms with van der Waals surface area (Å²) in [6, 6.07) is 0.283. The van der Waals surface area contributed by atoms with Gasteiger partial charge in [0.05, 0.1) is 24.4 Å². The minimum atomic E-state index is -0.0477. The van der Waals surface area contributed by atoms with Gasteiger partial charge in [-0.3, -0.25) is 0 Å². The Morgan fingerprint density at radius 2 is 1.68 bits per heavy atom. The van der Waals surface area contributed by atoms with Crippen LogP contribution in [0.2, 0.25) is 0 Å². The molecule has 0 saturated heterocycles. The Morgan fingerprint density at radius 1 is 1.11 bits per heavy atom. The van der Waals surface area contributed by atoms with Crippen LogP contribution in [0.25, 0.3) is 0 Å². The maximum Gasteiger partial charge on any atom is 0.0857 e. The SMILES string of the molecule is CCOC1(C(COC(C)C)NC)CCC(C)(C)CC1. The highest BCUT2D eigenvalue weighted by Gasteiger charge is 2.44. The Bertz CT molecular complexity index is 253. The Balaban J connectivity index is 2.73. The number of likely N-dealkylation sites (N-methyl/N-ethyl adjacent to an activating group) is 1. The van der Waals surface area contributed by atoms with E-state index in [0.29, 0.717) is 5.41 Å². The van der Waals surface area contributed by atoms with Crippen molar-refractivity contribution in [3.05, 3.63) is 0 Å². The molecule has 0 spiro atoms. The van der Waals surface area contributed by atoms with Gasteiger partial charge < -0.3 is 14.8 Å². The lowest BCUT2D eigenvalue weighted by Crippen LogP contribution is -2.56. The monoisotopic (exact) mass is 271 g/mol. The average molecular weight is 271 g/mol. The Morgan fingerprint density at radius 3 is 2.11 bits per heavy atom. The van der Waals surface area contributed by atoms with Crippen molar-refractivity contribution in [1.29, 1.82) is 0 Å². The Labute approximate surface area is 119 Å². The van der Waals surface area contributed by atoms with Crippen molar-refractivity contribution in [1.82, 2.24) is 5.32 Å². The molecule has 0 amide bonds. The molecule has 1 unspecified atom stereocenters. The number of hydrogen-bond acceptors (Lipinski definition) is 3. The number of nitrogens with one attached hydrogen (secondary N) is 1. The fourth-order valence-corrected chi connectivity index (χ4v) is 3.02. The van der Waals surface area contributed by atoms with Gasteiger partial charge in [-0.15, -0.1) is 0 Å². The summed E-state index contributed by atoms with van der Waals surface area (Å²) >= 11 is 0. The molecular formula is C16H33NO2. The van der Waals surface area contributed by atoms with E-state index in [0.717, 1.165) is 26.1 Å². The van der Waals surface area contributed by atoms with E-state index < -0.39 is 0 Å². The van der Waals surface area contributed by atoms with Crippen molar-refractivity contribution in [3.8, 4) is 0 Å². The summed E-state index contributed by atoms with van der Waals surface area (Å²) in [6.07, 6.45) is 4.98. The summed E-state index contributed by atoms with van der Waals surface area (Å²) in [7, 11) is 2.02. The molecule has 1 aliphatic rings. The van der Waals surface area contributed by atoms with Gasteiger partial charge in [0.25, 0.3) is 0 Å². The lowest BCUT2D eigenvalue weighted by atomic mass is 9.68. The molecule has 1 saturated carbocycles. The van der Waals surface area contributed by atoms with Crippen LogP contribution >= 0.6 is 0 Å². The van der Waals surface area contributed by atoms with E-state index >= 15 is 0 Å². The first-order valence-corrected chi connectivity index (χ1v) is 7.78. The van der Waals surface area contributed by atoms with Gasteiger partial charge in [0, 0.05) is 6.61 Å². The van der Waals surface area contributed by atoms with Crippen LogP contribution in [0.3, 0.4) is 0 Å². The van der Waals surface area contributed by atoms with Crippen LogP contribution in [0.5, 0.6) is 0 Å². The molecule has 1 aliphatic carbocycles. The van der Waals surface area contributed by atoms with Crippen LogP contribution in [0.4, 0.5) is 0 Å². The molecule has 3 nitrogen and oxygen atoms in total. The lowest BCUT2D eigenvalue weighted by Gasteiger charge is -2.47. The second-order valence-corrected chi connectivity index (χ2v) is 6.89. The fraction of sp³-hybridized carbons (Fsp3) is 1.00. The zero-order valence-electron chi connectivity index (χ0n) is 13.7. The summed E-state index contributed by atoms with van der Waals surface area (Å²) in [5, 5.41) is 3.43. The van der Waals surface area contributed by atoms with E-state index in [9.17, 15) is 0 Å². The summed E-state index contributed by atoms with van der Waals surface area (Å²) in [5.41, 5.74) is 0.408. The molecule has 114 valence electrons. The van der Waals surface area contributed by atoms with E-state index in [4.69, 9.17) is 9.47 Å². The highest BCUT2D eigenvalue weighted by molar-refractivity contribution is 4.98. The molecule has 0 aromatic rings. The third-order valence-electron chi connectivity index (χ3n) is 4.46. The Kier molecular flexibility index (Phi) is 6.28. The maximum absolute atomic E-state index is 6.21. The maximum atomic E-state index is 6.21. The van der Waals surface area contributed by atoms with Crippen LogP contribution < -0.4 is 5.32 Å². The molecular weight excluding hydrogens is 238 g/mol. The summed E-state index contributed by atoms with van der Waals surface area (Å²) in [6.45, 7) is 12.5. The zero-order valence-corrected chi connectivity index (χ0v) is 13.7. The van der Waals surface area contributed by atoms with Crippen molar-refractivity contribution in [2.75, 3.05) is 20.3 Å². The first-order chi connectivity index (χ1) is 8.85. The molecule has 0 aromatic heterocycles. The molecule has 19 heavy (non-hydrogen) atoms. The predicted octanol–water partition coefficient (Wildman–Crippen LogP) is 3.37. The first kappa shape index (κ1) is 16.9. The van der Waals surface area contributed by atoms with Gasteiger partial charge in [0.1, 0.15) is 0 Å². The standard InChI is InChI=1S/C16H33NO2/c1-7-19-16(10-8-15(4,5)9-11-16)14(17-6)12-18-13(2)3/h13-14,17H,7-12H2,1-6H3. The lowest BCUT2D eigenvalue weighted by molar-refractivity contribution is -0.122. The van der Waals surface area contributed by atoms with Crippen LogP contribution in [0, 0.1) is 5.41 Å². The van der Waals surface area contributed by atoms with Crippen LogP contribution in [0.1, 0.15) is 60.3 Å². The van der Waals surface area contributed by atoms with Gasteiger partial charge in [0.15, 0.2) is 0 Å². The van der Waals surface area contributed by atoms with Gasteiger partial charge in [-0.25, -0.2) is 0 Å². The average Bonchev–Trinajstić information content (AvgIpc) is 2.33. The molecule has 0 radical (unpaired) electrons. The normalized spacial score (nSPS) is 23.5. The molecule has 1 atom stereocenters. The predicted molar refractivity (Wildman–Crippen MR) is 80.5 cm³/mol. The molecule has 0 aromatic carbocycles. The van der Waals surface area contributed by atoms with Crippen molar-refractivity contribution in [2.45, 2.75) is 78.0 Å². The Hall–Kier alpha value is -0.120. The molecule has 1 rings (SSSR count). The minimum absolute atomic E-state index is 0.0477. The fourth-order valence-electron chi connectivity index (χ4n) is 3.02. The molecule has 0 aliphatic heterocycles. The van der Waals surface area contributed by atoms with Crippen LogP contribution in [-0.2, 0) is 9.47 Å². The van der Waals surface area contributed by atoms with Crippen molar-refractivity contribution < 1.29 is 9.47 Å². The molecule has 1 fully saturated rings. The zero-order chi connectivity index (χ0) is 14.5. The summed E-state index contributed by atoms with van der Waals surface area (Å²) in [5.74, 6) is 0. The van der Waals surface area contributed by atoms with E-state index in [1.54, 1.807) is 0 Å². The van der Waals surface area contributed by atoms with Crippen molar-refractivity contribution >= 4 is 0 Å². The van der Waals surface area contributed by atoms with Gasteiger partial charge >= 0.3 is 0 Å². The van der Waals surface area contributed by atoms with E-state index in [1.165, 1.54) is 12.8 Å². The smallest absolute Gasteiger partial charge is 0.0857 e.